The number of carbonyl (C=O) groups is 1. The molecule has 150 valence electrons. The van der Waals surface area contributed by atoms with Crippen molar-refractivity contribution < 1.29 is 23.0 Å². The summed E-state index contributed by atoms with van der Waals surface area (Å²) < 4.78 is 39.9. The predicted molar refractivity (Wildman–Crippen MR) is 103 cm³/mol. The summed E-state index contributed by atoms with van der Waals surface area (Å²) in [6, 6.07) is 1.13. The molecule has 1 aliphatic carbocycles. The maximum atomic E-state index is 14.9. The summed E-state index contributed by atoms with van der Waals surface area (Å²) >= 11 is 0. The number of methoxy groups -OCH3 is 2. The molecule has 8 heteroatoms. The minimum atomic E-state index is -0.930. The smallest absolute Gasteiger partial charge is 0.238 e. The van der Waals surface area contributed by atoms with Crippen molar-refractivity contribution in [2.24, 2.45) is 10.4 Å². The van der Waals surface area contributed by atoms with Gasteiger partial charge in [0, 0.05) is 19.7 Å². The number of anilines is 1. The van der Waals surface area contributed by atoms with Crippen molar-refractivity contribution in [2.45, 2.75) is 19.8 Å². The number of ether oxygens (including phenoxy) is 2. The highest BCUT2D eigenvalue weighted by atomic mass is 19.1. The monoisotopic (exact) mass is 391 g/mol. The first-order chi connectivity index (χ1) is 13.3. The molecule has 0 aromatic heterocycles. The summed E-state index contributed by atoms with van der Waals surface area (Å²) in [6.07, 6.45) is 2.98. The lowest BCUT2D eigenvalue weighted by Gasteiger charge is -2.35. The number of benzene rings is 1. The van der Waals surface area contributed by atoms with E-state index in [0.717, 1.165) is 22.1 Å². The van der Waals surface area contributed by atoms with Crippen LogP contribution in [0.4, 0.5) is 14.5 Å². The number of nitrogens with zero attached hydrogens (tertiary/aromatic N) is 2. The Morgan fingerprint density at radius 2 is 1.86 bits per heavy atom. The molecular formula is C20H23F2N3O3. The second kappa shape index (κ2) is 7.26. The fraction of sp³-hybridized carbons (Fsp3) is 0.400. The fourth-order valence-corrected chi connectivity index (χ4v) is 3.67. The van der Waals surface area contributed by atoms with Gasteiger partial charge in [0.05, 0.1) is 19.6 Å². The van der Waals surface area contributed by atoms with Gasteiger partial charge in [-0.1, -0.05) is 0 Å². The molecule has 1 saturated carbocycles. The third kappa shape index (κ3) is 2.93. The molecule has 0 saturated heterocycles. The summed E-state index contributed by atoms with van der Waals surface area (Å²) in [5, 5.41) is 2.91. The van der Waals surface area contributed by atoms with E-state index in [1.54, 1.807) is 13.1 Å². The van der Waals surface area contributed by atoms with E-state index in [-0.39, 0.29) is 24.0 Å². The van der Waals surface area contributed by atoms with Crippen LogP contribution in [0.25, 0.3) is 0 Å². The van der Waals surface area contributed by atoms with Gasteiger partial charge in [-0.05, 0) is 43.7 Å². The van der Waals surface area contributed by atoms with E-state index in [1.807, 2.05) is 6.92 Å². The van der Waals surface area contributed by atoms with Gasteiger partial charge in [0.25, 0.3) is 0 Å². The molecule has 28 heavy (non-hydrogen) atoms. The molecule has 1 N–H and O–H groups in total. The zero-order chi connectivity index (χ0) is 20.6. The van der Waals surface area contributed by atoms with Gasteiger partial charge in [-0.15, -0.1) is 0 Å². The first-order valence-electron chi connectivity index (χ1n) is 8.83. The molecule has 2 aliphatic rings. The van der Waals surface area contributed by atoms with Crippen molar-refractivity contribution in [3.8, 4) is 11.5 Å². The molecule has 1 spiro atoms. The predicted octanol–water partition coefficient (Wildman–Crippen LogP) is 3.19. The summed E-state index contributed by atoms with van der Waals surface area (Å²) in [6.45, 7) is 5.40. The van der Waals surface area contributed by atoms with E-state index in [4.69, 9.17) is 9.47 Å². The number of nitrogens with one attached hydrogen (secondary N) is 1. The van der Waals surface area contributed by atoms with Crippen LogP contribution in [0.5, 0.6) is 11.5 Å². The van der Waals surface area contributed by atoms with Crippen LogP contribution >= 0.6 is 0 Å². The highest BCUT2D eigenvalue weighted by molar-refractivity contribution is 6.04. The van der Waals surface area contributed by atoms with E-state index in [2.05, 4.69) is 17.0 Å². The molecule has 6 nitrogen and oxygen atoms in total. The minimum Gasteiger partial charge on any atom is -0.493 e. The maximum absolute atomic E-state index is 14.9. The third-order valence-electron chi connectivity index (χ3n) is 5.30. The number of carbonyl (C=O) groups excluding carboxylic acids is 1. The van der Waals surface area contributed by atoms with Gasteiger partial charge >= 0.3 is 0 Å². The first-order valence-corrected chi connectivity index (χ1v) is 8.83. The summed E-state index contributed by atoms with van der Waals surface area (Å²) in [5.74, 6) is -2.06. The van der Waals surface area contributed by atoms with E-state index >= 15 is 0 Å². The molecule has 1 aliphatic heterocycles. The van der Waals surface area contributed by atoms with Crippen LogP contribution in [0.3, 0.4) is 0 Å². The molecule has 1 amide bonds. The lowest BCUT2D eigenvalue weighted by Crippen LogP contribution is -2.44. The summed E-state index contributed by atoms with van der Waals surface area (Å²) in [4.78, 5) is 18.3. The Hall–Kier alpha value is -2.90. The van der Waals surface area contributed by atoms with Crippen molar-refractivity contribution in [1.82, 2.24) is 5.32 Å². The zero-order valence-electron chi connectivity index (χ0n) is 16.4. The summed E-state index contributed by atoms with van der Waals surface area (Å²) in [5.41, 5.74) is 0.394. The van der Waals surface area contributed by atoms with Gasteiger partial charge in [-0.25, -0.2) is 13.8 Å². The van der Waals surface area contributed by atoms with Crippen LogP contribution in [0.2, 0.25) is 0 Å². The number of hydrogen-bond donors (Lipinski definition) is 1. The van der Waals surface area contributed by atoms with Crippen LogP contribution < -0.4 is 19.7 Å². The largest absolute Gasteiger partial charge is 0.493 e. The molecule has 0 bridgehead atoms. The van der Waals surface area contributed by atoms with Crippen molar-refractivity contribution in [2.75, 3.05) is 32.7 Å². The SMILES string of the molecule is C=N/C(=C\C1=C(C)CN(c2c(F)c(OC)cc(OC)c2F)C(=O)C12CC2)NC. The van der Waals surface area contributed by atoms with Gasteiger partial charge in [-0.2, -0.15) is 0 Å². The van der Waals surface area contributed by atoms with E-state index in [9.17, 15) is 13.6 Å². The Kier molecular flexibility index (Phi) is 5.14. The Morgan fingerprint density at radius 3 is 2.29 bits per heavy atom. The van der Waals surface area contributed by atoms with Gasteiger partial charge < -0.3 is 19.7 Å². The zero-order valence-corrected chi connectivity index (χ0v) is 16.4. The molecule has 1 heterocycles. The minimum absolute atomic E-state index is 0.0463. The van der Waals surface area contributed by atoms with E-state index < -0.39 is 22.7 Å². The van der Waals surface area contributed by atoms with E-state index in [0.29, 0.717) is 18.7 Å². The molecule has 3 rings (SSSR count). The number of aliphatic imine (C=N–C) groups is 1. The van der Waals surface area contributed by atoms with Gasteiger partial charge in [0.2, 0.25) is 5.91 Å². The quantitative estimate of drug-likeness (QED) is 0.757. The van der Waals surface area contributed by atoms with Crippen molar-refractivity contribution in [3.63, 3.8) is 0 Å². The van der Waals surface area contributed by atoms with Crippen LogP contribution in [0.1, 0.15) is 19.8 Å². The van der Waals surface area contributed by atoms with Crippen LogP contribution in [-0.2, 0) is 4.79 Å². The Morgan fingerprint density at radius 1 is 1.29 bits per heavy atom. The molecular weight excluding hydrogens is 368 g/mol. The first kappa shape index (κ1) is 19.9. The van der Waals surface area contributed by atoms with Crippen molar-refractivity contribution in [1.29, 1.82) is 0 Å². The van der Waals surface area contributed by atoms with Crippen LogP contribution in [0.15, 0.2) is 34.1 Å². The number of rotatable bonds is 6. The average molecular weight is 391 g/mol. The van der Waals surface area contributed by atoms with Gasteiger partial charge in [-0.3, -0.25) is 4.79 Å². The molecule has 0 atom stereocenters. The standard InChI is InChI=1S/C20H23F2N3O3/c1-11-10-25(18-16(21)13(27-4)9-14(28-5)17(18)22)19(26)20(6-7-20)12(11)8-15(23-2)24-3/h8-9,24H,2,6-7,10H2,1,3-5H3/b15-8+. The van der Waals surface area contributed by atoms with Gasteiger partial charge in [0.15, 0.2) is 23.1 Å². The molecule has 0 unspecified atom stereocenters. The van der Waals surface area contributed by atoms with E-state index in [1.165, 1.54) is 14.2 Å². The molecule has 1 aromatic rings. The molecule has 1 aromatic carbocycles. The molecule has 0 radical (unpaired) electrons. The van der Waals surface area contributed by atoms with Crippen molar-refractivity contribution >= 4 is 18.3 Å². The number of halogens is 2. The normalized spacial score (nSPS) is 18.4. The number of allylic oxidation sites excluding steroid dienone is 1. The average Bonchev–Trinajstić information content (AvgIpc) is 3.48. The third-order valence-corrected chi connectivity index (χ3v) is 5.30. The lowest BCUT2D eigenvalue weighted by atomic mass is 9.85. The lowest BCUT2D eigenvalue weighted by molar-refractivity contribution is -0.122. The van der Waals surface area contributed by atoms with Crippen molar-refractivity contribution in [3.05, 3.63) is 40.7 Å². The van der Waals surface area contributed by atoms with Crippen LogP contribution in [-0.4, -0.2) is 40.4 Å². The second-order valence-electron chi connectivity index (χ2n) is 6.86. The highest BCUT2D eigenvalue weighted by Crippen LogP contribution is 2.57. The molecule has 1 fully saturated rings. The topological polar surface area (TPSA) is 63.2 Å². The second-order valence-corrected chi connectivity index (χ2v) is 6.86. The Labute approximate surface area is 162 Å². The number of hydrogen-bond acceptors (Lipinski definition) is 5. The Bertz CT molecular complexity index is 876. The van der Waals surface area contributed by atoms with Crippen LogP contribution in [0, 0.1) is 17.0 Å². The fourth-order valence-electron chi connectivity index (χ4n) is 3.67. The highest BCUT2D eigenvalue weighted by Gasteiger charge is 2.57. The van der Waals surface area contributed by atoms with Gasteiger partial charge in [0.1, 0.15) is 11.5 Å². The Balaban J connectivity index is 2.15. The summed E-state index contributed by atoms with van der Waals surface area (Å²) in [7, 11) is 4.26. The number of amides is 1. The maximum Gasteiger partial charge on any atom is 0.238 e.